The van der Waals surface area contributed by atoms with E-state index in [1.165, 1.54) is 0 Å². The van der Waals surface area contributed by atoms with Crippen LogP contribution in [0.1, 0.15) is 19.3 Å². The van der Waals surface area contributed by atoms with Gasteiger partial charge in [0.1, 0.15) is 5.78 Å². The van der Waals surface area contributed by atoms with Gasteiger partial charge >= 0.3 is 11.4 Å². The van der Waals surface area contributed by atoms with Gasteiger partial charge in [-0.3, -0.25) is 13.5 Å². The minimum atomic E-state index is -2.17. The van der Waals surface area contributed by atoms with Gasteiger partial charge in [-0.2, -0.15) is 4.21 Å². The van der Waals surface area contributed by atoms with E-state index < -0.39 is 11.4 Å². The van der Waals surface area contributed by atoms with Crippen molar-refractivity contribution in [2.24, 2.45) is 0 Å². The molecule has 5 nitrogen and oxygen atoms in total. The number of rotatable bonds is 10. The van der Waals surface area contributed by atoms with Gasteiger partial charge in [0.2, 0.25) is 0 Å². The standard InChI is InChI=1S/C10H20ClNO4S/c1-12(2,6-3-5-10(13)9-11)7-4-8-16-17(14)15/h3-9H2,1-2H3/p+1. The third-order valence-electron chi connectivity index (χ3n) is 2.46. The van der Waals surface area contributed by atoms with E-state index in [-0.39, 0.29) is 18.3 Å². The van der Waals surface area contributed by atoms with E-state index >= 15 is 0 Å². The van der Waals surface area contributed by atoms with Gasteiger partial charge in [0.05, 0.1) is 39.7 Å². The fourth-order valence-electron chi connectivity index (χ4n) is 1.51. The van der Waals surface area contributed by atoms with E-state index in [9.17, 15) is 9.00 Å². The molecule has 0 spiro atoms. The number of alkyl halides is 1. The summed E-state index contributed by atoms with van der Waals surface area (Å²) in [7, 11) is 4.11. The predicted octanol–water partition coefficient (Wildman–Crippen LogP) is 1.19. The van der Waals surface area contributed by atoms with E-state index in [4.69, 9.17) is 16.2 Å². The lowest BCUT2D eigenvalue weighted by atomic mass is 10.2. The fraction of sp³-hybridized carbons (Fsp3) is 0.900. The Kier molecular flexibility index (Phi) is 8.99. The van der Waals surface area contributed by atoms with Crippen molar-refractivity contribution in [3.05, 3.63) is 0 Å². The third kappa shape index (κ3) is 10.8. The topological polar surface area (TPSA) is 63.6 Å². The minimum Gasteiger partial charge on any atom is -0.328 e. The average molecular weight is 287 g/mol. The van der Waals surface area contributed by atoms with Crippen LogP contribution in [-0.4, -0.2) is 58.7 Å². The Morgan fingerprint density at radius 3 is 2.47 bits per heavy atom. The van der Waals surface area contributed by atoms with Crippen molar-refractivity contribution in [3.63, 3.8) is 0 Å². The van der Waals surface area contributed by atoms with Gasteiger partial charge in [-0.15, -0.1) is 11.6 Å². The molecular weight excluding hydrogens is 266 g/mol. The minimum absolute atomic E-state index is 0.0747. The van der Waals surface area contributed by atoms with Crippen molar-refractivity contribution < 1.29 is 22.2 Å². The molecule has 0 aromatic rings. The zero-order valence-electron chi connectivity index (χ0n) is 10.4. The van der Waals surface area contributed by atoms with Gasteiger partial charge in [-0.25, -0.2) is 0 Å². The van der Waals surface area contributed by atoms with Crippen molar-refractivity contribution in [2.75, 3.05) is 39.7 Å². The van der Waals surface area contributed by atoms with Crippen LogP contribution >= 0.6 is 11.6 Å². The smallest absolute Gasteiger partial charge is 0.301 e. The molecule has 7 heteroatoms. The molecule has 0 radical (unpaired) electrons. The number of hydrogen-bond acceptors (Lipinski definition) is 3. The summed E-state index contributed by atoms with van der Waals surface area (Å²) in [6.45, 7) is 1.99. The van der Waals surface area contributed by atoms with Gasteiger partial charge in [0.15, 0.2) is 0 Å². The van der Waals surface area contributed by atoms with E-state index in [1.807, 2.05) is 0 Å². The summed E-state index contributed by atoms with van der Waals surface area (Å²) >= 11 is 3.24. The molecule has 0 bridgehead atoms. The van der Waals surface area contributed by atoms with Crippen molar-refractivity contribution in [1.82, 2.24) is 0 Å². The molecule has 0 saturated carbocycles. The molecule has 1 unspecified atom stereocenters. The summed E-state index contributed by atoms with van der Waals surface area (Å²) in [5.74, 6) is 0.162. The van der Waals surface area contributed by atoms with Crippen molar-refractivity contribution in [2.45, 2.75) is 19.3 Å². The first-order chi connectivity index (χ1) is 7.87. The molecule has 102 valence electrons. The van der Waals surface area contributed by atoms with Crippen molar-refractivity contribution >= 4 is 28.7 Å². The highest BCUT2D eigenvalue weighted by atomic mass is 35.5. The van der Waals surface area contributed by atoms with Gasteiger partial charge < -0.3 is 4.48 Å². The zero-order valence-corrected chi connectivity index (χ0v) is 11.9. The number of ketones is 1. The molecule has 17 heavy (non-hydrogen) atoms. The molecule has 0 aromatic heterocycles. The molecule has 0 rings (SSSR count). The highest BCUT2D eigenvalue weighted by Gasteiger charge is 2.15. The Hall–Kier alpha value is -0.0100. The Morgan fingerprint density at radius 1 is 1.35 bits per heavy atom. The lowest BCUT2D eigenvalue weighted by Crippen LogP contribution is -2.41. The van der Waals surface area contributed by atoms with E-state index in [0.717, 1.165) is 24.0 Å². The van der Waals surface area contributed by atoms with E-state index in [1.54, 1.807) is 0 Å². The molecule has 0 fully saturated rings. The largest absolute Gasteiger partial charge is 0.328 e. The van der Waals surface area contributed by atoms with Gasteiger partial charge in [-0.1, -0.05) is 0 Å². The Bertz CT molecular complexity index is 261. The molecule has 1 N–H and O–H groups in total. The first-order valence-corrected chi connectivity index (χ1v) is 7.08. The van der Waals surface area contributed by atoms with Gasteiger partial charge in [0.25, 0.3) is 0 Å². The summed E-state index contributed by atoms with van der Waals surface area (Å²) in [5.41, 5.74) is 0. The third-order valence-corrected chi connectivity index (χ3v) is 3.13. The number of Topliss-reactive ketones (excluding diaryl/α,β-unsaturated/α-hetero) is 1. The molecular formula is C10H21ClNO4S+. The average Bonchev–Trinajstić information content (AvgIpc) is 2.23. The second kappa shape index (κ2) is 8.99. The zero-order chi connectivity index (χ0) is 13.3. The predicted molar refractivity (Wildman–Crippen MR) is 68.1 cm³/mol. The van der Waals surface area contributed by atoms with Crippen LogP contribution in [0.5, 0.6) is 0 Å². The van der Waals surface area contributed by atoms with Crippen LogP contribution in [0.25, 0.3) is 0 Å². The SMILES string of the molecule is C[N+](C)(CCCOS(=O)O)CCCC(=O)CCl. The number of quaternary nitrogens is 1. The van der Waals surface area contributed by atoms with Crippen LogP contribution in [0, 0.1) is 0 Å². The van der Waals surface area contributed by atoms with E-state index in [2.05, 4.69) is 18.3 Å². The Morgan fingerprint density at radius 2 is 1.94 bits per heavy atom. The molecule has 0 saturated heterocycles. The number of nitrogens with zero attached hydrogens (tertiary/aromatic N) is 1. The maximum atomic E-state index is 11.0. The van der Waals surface area contributed by atoms with Crippen molar-refractivity contribution in [3.8, 4) is 0 Å². The Balaban J connectivity index is 3.64. The molecule has 0 aliphatic carbocycles. The molecule has 0 amide bonds. The summed E-state index contributed by atoms with van der Waals surface area (Å²) < 4.78 is 23.9. The summed E-state index contributed by atoms with van der Waals surface area (Å²) in [6.07, 6.45) is 2.04. The van der Waals surface area contributed by atoms with Gasteiger partial charge in [-0.05, 0) is 0 Å². The lowest BCUT2D eigenvalue weighted by molar-refractivity contribution is -0.890. The quantitative estimate of drug-likeness (QED) is 0.284. The van der Waals surface area contributed by atoms with Crippen LogP contribution in [0.3, 0.4) is 0 Å². The normalized spacial score (nSPS) is 13.6. The lowest BCUT2D eigenvalue weighted by Gasteiger charge is -2.29. The van der Waals surface area contributed by atoms with Crippen LogP contribution < -0.4 is 0 Å². The maximum absolute atomic E-state index is 11.0. The summed E-state index contributed by atoms with van der Waals surface area (Å²) in [6, 6.07) is 0. The highest BCUT2D eigenvalue weighted by Crippen LogP contribution is 2.04. The first-order valence-electron chi connectivity index (χ1n) is 5.51. The molecule has 0 aliphatic rings. The van der Waals surface area contributed by atoms with Gasteiger partial charge in [0, 0.05) is 19.3 Å². The number of hydrogen-bond donors (Lipinski definition) is 1. The summed E-state index contributed by atoms with van der Waals surface area (Å²) in [4.78, 5) is 11.0. The molecule has 0 heterocycles. The monoisotopic (exact) mass is 286 g/mol. The summed E-state index contributed by atoms with van der Waals surface area (Å²) in [5, 5.41) is 0. The number of halogens is 1. The first kappa shape index (κ1) is 17.0. The van der Waals surface area contributed by atoms with Crippen LogP contribution in [-0.2, 0) is 20.3 Å². The fourth-order valence-corrected chi connectivity index (χ4v) is 1.90. The van der Waals surface area contributed by atoms with Crippen LogP contribution in [0.2, 0.25) is 0 Å². The maximum Gasteiger partial charge on any atom is 0.301 e. The number of carbonyl (C=O) groups is 1. The Labute approximate surface area is 110 Å². The molecule has 0 aliphatic heterocycles. The van der Waals surface area contributed by atoms with Crippen molar-refractivity contribution in [1.29, 1.82) is 0 Å². The second-order valence-electron chi connectivity index (χ2n) is 4.55. The number of carbonyl (C=O) groups excluding carboxylic acids is 1. The van der Waals surface area contributed by atoms with E-state index in [0.29, 0.717) is 12.8 Å². The second-order valence-corrected chi connectivity index (χ2v) is 5.49. The molecule has 0 aromatic carbocycles. The van der Waals surface area contributed by atoms with Crippen LogP contribution in [0.4, 0.5) is 0 Å². The highest BCUT2D eigenvalue weighted by molar-refractivity contribution is 7.74. The van der Waals surface area contributed by atoms with Crippen LogP contribution in [0.15, 0.2) is 0 Å². The molecule has 1 atom stereocenters.